The zero-order chi connectivity index (χ0) is 13.1. The molecule has 1 aliphatic rings. The summed E-state index contributed by atoms with van der Waals surface area (Å²) in [6.45, 7) is 5.83. The first-order valence-electron chi connectivity index (χ1n) is 6.39. The molecule has 0 bridgehead atoms. The third-order valence-corrected chi connectivity index (χ3v) is 3.52. The molecule has 0 aromatic rings. The van der Waals surface area contributed by atoms with E-state index in [1.54, 1.807) is 0 Å². The molecule has 1 saturated carbocycles. The van der Waals surface area contributed by atoms with Crippen LogP contribution in [0.4, 0.5) is 0 Å². The smallest absolute Gasteiger partial charge is 0.308 e. The Kier molecular flexibility index (Phi) is 4.54. The highest BCUT2D eigenvalue weighted by molar-refractivity contribution is 5.79. The monoisotopic (exact) mass is 241 g/mol. The second-order valence-corrected chi connectivity index (χ2v) is 5.70. The maximum Gasteiger partial charge on any atom is 0.308 e. The van der Waals surface area contributed by atoms with Crippen LogP contribution in [0.5, 0.6) is 0 Å². The van der Waals surface area contributed by atoms with E-state index in [0.717, 1.165) is 19.3 Å². The Morgan fingerprint density at radius 2 is 2.06 bits per heavy atom. The number of carboxylic acids is 1. The van der Waals surface area contributed by atoms with Crippen molar-refractivity contribution in [2.75, 3.05) is 0 Å². The summed E-state index contributed by atoms with van der Waals surface area (Å²) >= 11 is 0. The highest BCUT2D eigenvalue weighted by Crippen LogP contribution is 2.34. The van der Waals surface area contributed by atoms with Crippen LogP contribution in [0.2, 0.25) is 0 Å². The van der Waals surface area contributed by atoms with E-state index >= 15 is 0 Å². The molecule has 98 valence electrons. The third kappa shape index (κ3) is 3.72. The van der Waals surface area contributed by atoms with Gasteiger partial charge in [0, 0.05) is 6.42 Å². The van der Waals surface area contributed by atoms with Gasteiger partial charge in [0.25, 0.3) is 0 Å². The van der Waals surface area contributed by atoms with Gasteiger partial charge in [-0.2, -0.15) is 0 Å². The van der Waals surface area contributed by atoms with Crippen molar-refractivity contribution in [1.29, 1.82) is 0 Å². The average molecular weight is 241 g/mol. The van der Waals surface area contributed by atoms with Gasteiger partial charge in [-0.3, -0.25) is 9.59 Å². The van der Waals surface area contributed by atoms with E-state index in [0.29, 0.717) is 18.8 Å². The van der Waals surface area contributed by atoms with Gasteiger partial charge >= 0.3 is 5.97 Å². The van der Waals surface area contributed by atoms with E-state index in [-0.39, 0.29) is 5.91 Å². The summed E-state index contributed by atoms with van der Waals surface area (Å²) in [4.78, 5) is 23.0. The van der Waals surface area contributed by atoms with E-state index in [4.69, 9.17) is 0 Å². The number of hydrogen-bond acceptors (Lipinski definition) is 2. The minimum Gasteiger partial charge on any atom is -0.481 e. The van der Waals surface area contributed by atoms with Crippen LogP contribution in [-0.4, -0.2) is 22.5 Å². The summed E-state index contributed by atoms with van der Waals surface area (Å²) in [6.07, 6.45) is 3.80. The minimum atomic E-state index is -0.794. The molecule has 2 atom stereocenters. The lowest BCUT2D eigenvalue weighted by Gasteiger charge is -2.40. The van der Waals surface area contributed by atoms with Crippen LogP contribution >= 0.6 is 0 Å². The summed E-state index contributed by atoms with van der Waals surface area (Å²) in [6, 6.07) is 0. The first kappa shape index (κ1) is 14.0. The molecular formula is C13H23NO3. The number of carbonyl (C=O) groups is 2. The number of nitrogens with one attached hydrogen (secondary N) is 1. The Labute approximate surface area is 103 Å². The summed E-state index contributed by atoms with van der Waals surface area (Å²) < 4.78 is 0. The van der Waals surface area contributed by atoms with Crippen LogP contribution in [0, 0.1) is 11.8 Å². The van der Waals surface area contributed by atoms with Crippen LogP contribution in [0.1, 0.15) is 52.9 Å². The SMILES string of the molecule is CC(C)CC(=O)NC1(C)CCCCC1C(=O)O. The van der Waals surface area contributed by atoms with Crippen LogP contribution in [0.15, 0.2) is 0 Å². The lowest BCUT2D eigenvalue weighted by molar-refractivity contribution is -0.146. The van der Waals surface area contributed by atoms with Crippen molar-refractivity contribution in [3.8, 4) is 0 Å². The molecule has 1 rings (SSSR count). The molecule has 0 saturated heterocycles. The topological polar surface area (TPSA) is 66.4 Å². The summed E-state index contributed by atoms with van der Waals surface area (Å²) in [5.41, 5.74) is -0.573. The molecule has 0 aromatic carbocycles. The molecule has 0 spiro atoms. The Balaban J connectivity index is 2.69. The van der Waals surface area contributed by atoms with Gasteiger partial charge in [0.15, 0.2) is 0 Å². The van der Waals surface area contributed by atoms with Crippen molar-refractivity contribution in [2.45, 2.75) is 58.4 Å². The fraction of sp³-hybridized carbons (Fsp3) is 0.846. The maximum absolute atomic E-state index is 11.8. The van der Waals surface area contributed by atoms with E-state index in [1.165, 1.54) is 0 Å². The van der Waals surface area contributed by atoms with E-state index < -0.39 is 17.4 Å². The molecule has 0 radical (unpaired) electrons. The Morgan fingerprint density at radius 3 is 2.59 bits per heavy atom. The summed E-state index contributed by atoms with van der Waals surface area (Å²) in [5.74, 6) is -0.981. The molecule has 1 amide bonds. The maximum atomic E-state index is 11.8. The molecule has 2 unspecified atom stereocenters. The molecule has 2 N–H and O–H groups in total. The minimum absolute atomic E-state index is 0.0318. The van der Waals surface area contributed by atoms with E-state index in [2.05, 4.69) is 5.32 Å². The van der Waals surface area contributed by atoms with Crippen molar-refractivity contribution in [3.05, 3.63) is 0 Å². The molecule has 1 fully saturated rings. The molecule has 0 aliphatic heterocycles. The van der Waals surface area contributed by atoms with Gasteiger partial charge < -0.3 is 10.4 Å². The average Bonchev–Trinajstić information content (AvgIpc) is 2.14. The molecule has 0 heterocycles. The molecule has 4 nitrogen and oxygen atoms in total. The van der Waals surface area contributed by atoms with Crippen molar-refractivity contribution in [2.24, 2.45) is 11.8 Å². The van der Waals surface area contributed by atoms with Crippen molar-refractivity contribution >= 4 is 11.9 Å². The predicted octanol–water partition coefficient (Wildman–Crippen LogP) is 2.18. The van der Waals surface area contributed by atoms with Crippen LogP contribution in [0.3, 0.4) is 0 Å². The lowest BCUT2D eigenvalue weighted by Crippen LogP contribution is -2.55. The standard InChI is InChI=1S/C13H23NO3/c1-9(2)8-11(15)14-13(3)7-5-4-6-10(13)12(16)17/h9-10H,4-8H2,1-3H3,(H,14,15)(H,16,17). The quantitative estimate of drug-likeness (QED) is 0.792. The van der Waals surface area contributed by atoms with Crippen molar-refractivity contribution in [1.82, 2.24) is 5.32 Å². The summed E-state index contributed by atoms with van der Waals surface area (Å²) in [5, 5.41) is 12.2. The predicted molar refractivity (Wildman–Crippen MR) is 65.6 cm³/mol. The molecule has 1 aliphatic carbocycles. The zero-order valence-corrected chi connectivity index (χ0v) is 11.0. The Hall–Kier alpha value is -1.06. The van der Waals surface area contributed by atoms with E-state index in [1.807, 2.05) is 20.8 Å². The van der Waals surface area contributed by atoms with Crippen LogP contribution in [0.25, 0.3) is 0 Å². The third-order valence-electron chi connectivity index (χ3n) is 3.52. The first-order chi connectivity index (χ1) is 7.85. The fourth-order valence-corrected chi connectivity index (χ4v) is 2.62. The number of carbonyl (C=O) groups excluding carboxylic acids is 1. The summed E-state index contributed by atoms with van der Waals surface area (Å²) in [7, 11) is 0. The number of aliphatic carboxylic acids is 1. The first-order valence-corrected chi connectivity index (χ1v) is 6.39. The van der Waals surface area contributed by atoms with Gasteiger partial charge in [0.1, 0.15) is 0 Å². The van der Waals surface area contributed by atoms with E-state index in [9.17, 15) is 14.7 Å². The molecule has 17 heavy (non-hydrogen) atoms. The highest BCUT2D eigenvalue weighted by atomic mass is 16.4. The second kappa shape index (κ2) is 5.52. The number of carboxylic acid groups (broad SMARTS) is 1. The Bertz CT molecular complexity index is 301. The van der Waals surface area contributed by atoms with Gasteiger partial charge in [0.05, 0.1) is 11.5 Å². The molecule has 0 aromatic heterocycles. The number of rotatable bonds is 4. The highest BCUT2D eigenvalue weighted by Gasteiger charge is 2.42. The normalized spacial score (nSPS) is 29.1. The largest absolute Gasteiger partial charge is 0.481 e. The molecular weight excluding hydrogens is 218 g/mol. The van der Waals surface area contributed by atoms with Gasteiger partial charge in [-0.15, -0.1) is 0 Å². The van der Waals surface area contributed by atoms with Crippen LogP contribution in [-0.2, 0) is 9.59 Å². The number of hydrogen-bond donors (Lipinski definition) is 2. The van der Waals surface area contributed by atoms with Gasteiger partial charge in [-0.05, 0) is 25.7 Å². The fourth-order valence-electron chi connectivity index (χ4n) is 2.62. The second-order valence-electron chi connectivity index (χ2n) is 5.70. The molecule has 4 heteroatoms. The van der Waals surface area contributed by atoms with Crippen LogP contribution < -0.4 is 5.32 Å². The number of amides is 1. The van der Waals surface area contributed by atoms with Gasteiger partial charge in [-0.1, -0.05) is 26.7 Å². The lowest BCUT2D eigenvalue weighted by atomic mass is 9.73. The van der Waals surface area contributed by atoms with Gasteiger partial charge in [-0.25, -0.2) is 0 Å². The Morgan fingerprint density at radius 1 is 1.41 bits per heavy atom. The van der Waals surface area contributed by atoms with Crippen molar-refractivity contribution < 1.29 is 14.7 Å². The van der Waals surface area contributed by atoms with Gasteiger partial charge in [0.2, 0.25) is 5.91 Å². The van der Waals surface area contributed by atoms with Crippen molar-refractivity contribution in [3.63, 3.8) is 0 Å². The zero-order valence-electron chi connectivity index (χ0n) is 11.0.